The van der Waals surface area contributed by atoms with Crippen LogP contribution in [0.25, 0.3) is 11.6 Å². The summed E-state index contributed by atoms with van der Waals surface area (Å²) in [4.78, 5) is 36.2. The number of carbonyl (C=O) groups excluding carboxylic acids is 2. The first-order chi connectivity index (χ1) is 14.0. The molecular weight excluding hydrogens is 372 g/mol. The number of fused-ring (bicyclic) bond motifs is 1. The summed E-state index contributed by atoms with van der Waals surface area (Å²) in [5, 5.41) is 11.1. The fourth-order valence-corrected chi connectivity index (χ4v) is 3.36. The number of benzene rings is 2. The quantitative estimate of drug-likeness (QED) is 0.280. The van der Waals surface area contributed by atoms with Gasteiger partial charge < -0.3 is 9.32 Å². The molecule has 29 heavy (non-hydrogen) atoms. The van der Waals surface area contributed by atoms with Crippen LogP contribution in [-0.2, 0) is 11.3 Å². The summed E-state index contributed by atoms with van der Waals surface area (Å²) in [6.07, 6.45) is 2.27. The molecule has 3 aromatic rings. The molecule has 2 heterocycles. The Hall–Kier alpha value is -4.00. The van der Waals surface area contributed by atoms with Gasteiger partial charge >= 0.3 is 0 Å². The van der Waals surface area contributed by atoms with Crippen molar-refractivity contribution in [3.8, 4) is 0 Å². The zero-order valence-corrected chi connectivity index (χ0v) is 15.5. The predicted octanol–water partition coefficient (Wildman–Crippen LogP) is 4.40. The molecule has 144 valence electrons. The number of carbonyl (C=O) groups is 2. The second-order valence-electron chi connectivity index (χ2n) is 6.74. The summed E-state index contributed by atoms with van der Waals surface area (Å²) < 4.78 is 5.42. The number of nitrogens with zero attached hydrogens (tertiary/aromatic N) is 2. The first-order valence-corrected chi connectivity index (χ1v) is 8.89. The fourth-order valence-electron chi connectivity index (χ4n) is 3.36. The molecule has 0 N–H and O–H groups in total. The number of nitro benzene ring substituents is 1. The Morgan fingerprint density at radius 2 is 1.97 bits per heavy atom. The molecule has 2 aromatic carbocycles. The van der Waals surface area contributed by atoms with E-state index in [9.17, 15) is 19.7 Å². The van der Waals surface area contributed by atoms with Crippen LogP contribution >= 0.6 is 0 Å². The molecule has 0 aliphatic carbocycles. The lowest BCUT2D eigenvalue weighted by molar-refractivity contribution is -0.384. The predicted molar refractivity (Wildman–Crippen MR) is 107 cm³/mol. The van der Waals surface area contributed by atoms with Crippen LogP contribution in [0.5, 0.6) is 0 Å². The average Bonchev–Trinajstić information content (AvgIpc) is 3.26. The highest BCUT2D eigenvalue weighted by molar-refractivity contribution is 6.35. The Labute approximate surface area is 166 Å². The minimum atomic E-state index is -0.468. The van der Waals surface area contributed by atoms with Crippen LogP contribution in [0.15, 0.2) is 59.0 Å². The molecule has 0 atom stereocenters. The molecule has 1 amide bonds. The molecule has 0 spiro atoms. The van der Waals surface area contributed by atoms with E-state index in [4.69, 9.17) is 4.42 Å². The number of anilines is 1. The van der Waals surface area contributed by atoms with Crippen molar-refractivity contribution in [2.45, 2.75) is 13.5 Å². The minimum Gasteiger partial charge on any atom is -0.456 e. The van der Waals surface area contributed by atoms with Crippen molar-refractivity contribution >= 4 is 35.2 Å². The molecule has 7 heteroatoms. The third-order valence-electron chi connectivity index (χ3n) is 4.71. The summed E-state index contributed by atoms with van der Waals surface area (Å²) >= 11 is 0. The van der Waals surface area contributed by atoms with Gasteiger partial charge in [-0.1, -0.05) is 23.8 Å². The van der Waals surface area contributed by atoms with Gasteiger partial charge in [0.25, 0.3) is 11.6 Å². The van der Waals surface area contributed by atoms with Crippen molar-refractivity contribution in [2.24, 2.45) is 0 Å². The van der Waals surface area contributed by atoms with Gasteiger partial charge in [-0.05, 0) is 42.8 Å². The van der Waals surface area contributed by atoms with Crippen LogP contribution in [-0.4, -0.2) is 17.1 Å². The topological polar surface area (TPSA) is 93.7 Å². The molecule has 1 aliphatic heterocycles. The lowest BCUT2D eigenvalue weighted by Gasteiger charge is -2.15. The van der Waals surface area contributed by atoms with Crippen molar-refractivity contribution in [1.29, 1.82) is 0 Å². The molecule has 0 unspecified atom stereocenters. The van der Waals surface area contributed by atoms with Crippen molar-refractivity contribution < 1.29 is 18.9 Å². The Morgan fingerprint density at radius 1 is 1.14 bits per heavy atom. The van der Waals surface area contributed by atoms with Gasteiger partial charge in [0.15, 0.2) is 12.0 Å². The Balaban J connectivity index is 1.76. The molecule has 0 saturated heterocycles. The van der Waals surface area contributed by atoms with E-state index in [1.54, 1.807) is 35.2 Å². The highest BCUT2D eigenvalue weighted by atomic mass is 16.6. The fraction of sp³-hybridized carbons (Fsp3) is 0.0909. The van der Waals surface area contributed by atoms with Crippen LogP contribution in [0.2, 0.25) is 0 Å². The molecular formula is C22H16N2O5. The first kappa shape index (κ1) is 18.4. The first-order valence-electron chi connectivity index (χ1n) is 8.89. The molecule has 1 aliphatic rings. The number of rotatable bonds is 5. The van der Waals surface area contributed by atoms with Crippen molar-refractivity contribution in [2.75, 3.05) is 4.90 Å². The number of hydrogen-bond acceptors (Lipinski definition) is 5. The monoisotopic (exact) mass is 388 g/mol. The van der Waals surface area contributed by atoms with E-state index in [1.807, 2.05) is 25.1 Å². The van der Waals surface area contributed by atoms with Crippen LogP contribution in [0.4, 0.5) is 11.4 Å². The lowest BCUT2D eigenvalue weighted by atomic mass is 10.0. The summed E-state index contributed by atoms with van der Waals surface area (Å²) in [6.45, 7) is 2.11. The summed E-state index contributed by atoms with van der Waals surface area (Å²) in [5.74, 6) is 0.452. The van der Waals surface area contributed by atoms with E-state index in [-0.39, 0.29) is 23.9 Å². The number of amides is 1. The Kier molecular flexibility index (Phi) is 4.56. The molecule has 0 bridgehead atoms. The smallest absolute Gasteiger partial charge is 0.270 e. The highest BCUT2D eigenvalue weighted by Gasteiger charge is 2.33. The van der Waals surface area contributed by atoms with Gasteiger partial charge in [-0.25, -0.2) is 0 Å². The van der Waals surface area contributed by atoms with Crippen molar-refractivity contribution in [3.05, 3.63) is 92.9 Å². The molecule has 1 aromatic heterocycles. The van der Waals surface area contributed by atoms with Crippen molar-refractivity contribution in [3.63, 3.8) is 0 Å². The van der Waals surface area contributed by atoms with Crippen molar-refractivity contribution in [1.82, 2.24) is 0 Å². The normalized spacial score (nSPS) is 14.3. The van der Waals surface area contributed by atoms with E-state index < -0.39 is 4.92 Å². The summed E-state index contributed by atoms with van der Waals surface area (Å²) in [5.41, 5.74) is 3.45. The third-order valence-corrected chi connectivity index (χ3v) is 4.71. The van der Waals surface area contributed by atoms with Crippen LogP contribution < -0.4 is 4.90 Å². The standard InChI is InChI=1S/C22H16N2O5/c1-14-5-8-21-19(9-14)20(11-15-3-2-4-16(10-15)24(27)28)22(26)23(21)12-17-6-7-18(13-25)29-17/h2-11,13H,12H2,1H3/b20-11+. The van der Waals surface area contributed by atoms with E-state index >= 15 is 0 Å². The zero-order valence-electron chi connectivity index (χ0n) is 15.5. The number of aldehydes is 1. The van der Waals surface area contributed by atoms with Gasteiger partial charge in [-0.15, -0.1) is 0 Å². The van der Waals surface area contributed by atoms with E-state index in [2.05, 4.69) is 0 Å². The lowest BCUT2D eigenvalue weighted by Crippen LogP contribution is -2.25. The third kappa shape index (κ3) is 3.45. The zero-order chi connectivity index (χ0) is 20.5. The molecule has 0 radical (unpaired) electrons. The number of non-ortho nitro benzene ring substituents is 1. The maximum atomic E-state index is 13.2. The molecule has 0 saturated carbocycles. The highest BCUT2D eigenvalue weighted by Crippen LogP contribution is 2.39. The second kappa shape index (κ2) is 7.20. The van der Waals surface area contributed by atoms with Gasteiger partial charge in [0.2, 0.25) is 0 Å². The SMILES string of the molecule is Cc1ccc2c(c1)/C(=C\c1cccc([N+](=O)[O-])c1)C(=O)N2Cc1ccc(C=O)o1. The maximum absolute atomic E-state index is 13.2. The van der Waals surface area contributed by atoms with Gasteiger partial charge in [0.05, 0.1) is 17.2 Å². The molecule has 4 rings (SSSR count). The molecule has 7 nitrogen and oxygen atoms in total. The van der Waals surface area contributed by atoms with E-state index in [1.165, 1.54) is 12.1 Å². The van der Waals surface area contributed by atoms with Crippen LogP contribution in [0.3, 0.4) is 0 Å². The van der Waals surface area contributed by atoms with Gasteiger partial charge in [0, 0.05) is 23.3 Å². The summed E-state index contributed by atoms with van der Waals surface area (Å²) in [7, 11) is 0. The largest absolute Gasteiger partial charge is 0.456 e. The number of hydrogen-bond donors (Lipinski definition) is 0. The number of aryl methyl sites for hydroxylation is 1. The Morgan fingerprint density at radius 3 is 2.69 bits per heavy atom. The average molecular weight is 388 g/mol. The summed E-state index contributed by atoms with van der Waals surface area (Å²) in [6, 6.07) is 15.0. The van der Waals surface area contributed by atoms with E-state index in [0.29, 0.717) is 23.2 Å². The maximum Gasteiger partial charge on any atom is 0.270 e. The number of nitro groups is 1. The minimum absolute atomic E-state index is 0.0388. The van der Waals surface area contributed by atoms with E-state index in [0.717, 1.165) is 16.8 Å². The molecule has 0 fully saturated rings. The van der Waals surface area contributed by atoms with Crippen LogP contribution in [0.1, 0.15) is 33.0 Å². The van der Waals surface area contributed by atoms with Crippen LogP contribution in [0, 0.1) is 17.0 Å². The number of furan rings is 1. The van der Waals surface area contributed by atoms with Gasteiger partial charge in [0.1, 0.15) is 5.76 Å². The second-order valence-corrected chi connectivity index (χ2v) is 6.74. The van der Waals surface area contributed by atoms with Gasteiger partial charge in [-0.2, -0.15) is 0 Å². The Bertz CT molecular complexity index is 1180. The van der Waals surface area contributed by atoms with Gasteiger partial charge in [-0.3, -0.25) is 19.7 Å².